The summed E-state index contributed by atoms with van der Waals surface area (Å²) >= 11 is 0. The molecule has 2 aromatic heterocycles. The number of carbonyl (C=O) groups excluding carboxylic acids is 1. The van der Waals surface area contributed by atoms with E-state index < -0.39 is 0 Å². The topological polar surface area (TPSA) is 80.3 Å². The van der Waals surface area contributed by atoms with Crippen LogP contribution in [0.2, 0.25) is 0 Å². The Bertz CT molecular complexity index is 941. The fourth-order valence-corrected chi connectivity index (χ4v) is 3.47. The minimum atomic E-state index is -0.214. The van der Waals surface area contributed by atoms with Crippen molar-refractivity contribution in [1.82, 2.24) is 9.78 Å². The molecule has 0 bridgehead atoms. The average molecular weight is 351 g/mol. The van der Waals surface area contributed by atoms with Crippen LogP contribution in [0, 0.1) is 0 Å². The van der Waals surface area contributed by atoms with Gasteiger partial charge < -0.3 is 14.8 Å². The van der Waals surface area contributed by atoms with Crippen molar-refractivity contribution in [2.24, 2.45) is 0 Å². The molecule has 1 atom stereocenters. The van der Waals surface area contributed by atoms with Crippen molar-refractivity contribution >= 4 is 11.7 Å². The minimum Gasteiger partial charge on any atom is -0.463 e. The van der Waals surface area contributed by atoms with Crippen LogP contribution in [-0.2, 0) is 11.4 Å². The molecule has 0 aliphatic carbocycles. The zero-order valence-electron chi connectivity index (χ0n) is 14.8. The third-order valence-corrected chi connectivity index (χ3v) is 4.68. The van der Waals surface area contributed by atoms with E-state index in [1.807, 2.05) is 36.4 Å². The first kappa shape index (κ1) is 16.6. The van der Waals surface area contributed by atoms with Gasteiger partial charge in [-0.2, -0.15) is 5.10 Å². The number of carbonyl (C=O) groups is 1. The number of hydrogen-bond acceptors (Lipinski definition) is 4. The molecule has 1 aliphatic rings. The lowest BCUT2D eigenvalue weighted by atomic mass is 9.87. The Kier molecular flexibility index (Phi) is 4.12. The van der Waals surface area contributed by atoms with Crippen molar-refractivity contribution in [1.29, 1.82) is 0 Å². The molecule has 134 valence electrons. The van der Waals surface area contributed by atoms with Crippen molar-refractivity contribution in [3.05, 3.63) is 65.2 Å². The SMILES string of the molecule is CC(C)c1nn(-c2ccccc2)c2c1[C@H](c1ccc(CO)o1)CC(=O)N2. The van der Waals surface area contributed by atoms with E-state index in [0.717, 1.165) is 16.9 Å². The molecule has 1 aromatic carbocycles. The van der Waals surface area contributed by atoms with Crippen LogP contribution < -0.4 is 5.32 Å². The molecule has 0 saturated carbocycles. The molecule has 3 aromatic rings. The van der Waals surface area contributed by atoms with E-state index in [9.17, 15) is 9.90 Å². The number of furan rings is 1. The van der Waals surface area contributed by atoms with E-state index in [1.165, 1.54) is 0 Å². The van der Waals surface area contributed by atoms with Crippen molar-refractivity contribution in [2.45, 2.75) is 38.7 Å². The number of rotatable bonds is 4. The maximum Gasteiger partial charge on any atom is 0.226 e. The largest absolute Gasteiger partial charge is 0.463 e. The molecule has 26 heavy (non-hydrogen) atoms. The summed E-state index contributed by atoms with van der Waals surface area (Å²) < 4.78 is 7.56. The molecule has 6 heteroatoms. The van der Waals surface area contributed by atoms with Gasteiger partial charge in [0.05, 0.1) is 17.3 Å². The second-order valence-electron chi connectivity index (χ2n) is 6.82. The van der Waals surface area contributed by atoms with E-state index in [1.54, 1.807) is 10.7 Å². The first-order valence-corrected chi connectivity index (χ1v) is 8.76. The van der Waals surface area contributed by atoms with Gasteiger partial charge in [0.15, 0.2) is 0 Å². The predicted octanol–water partition coefficient (Wildman–Crippen LogP) is 3.56. The summed E-state index contributed by atoms with van der Waals surface area (Å²) in [6.45, 7) is 4.02. The summed E-state index contributed by atoms with van der Waals surface area (Å²) in [4.78, 5) is 12.4. The van der Waals surface area contributed by atoms with Crippen LogP contribution in [-0.4, -0.2) is 20.8 Å². The molecule has 0 radical (unpaired) electrons. The highest BCUT2D eigenvalue weighted by Gasteiger charge is 2.36. The number of benzene rings is 1. The number of nitrogens with zero attached hydrogens (tertiary/aromatic N) is 2. The number of aliphatic hydroxyl groups is 1. The molecule has 4 rings (SSSR count). The zero-order chi connectivity index (χ0) is 18.3. The zero-order valence-corrected chi connectivity index (χ0v) is 14.8. The number of anilines is 1. The first-order chi connectivity index (χ1) is 12.6. The summed E-state index contributed by atoms with van der Waals surface area (Å²) in [6.07, 6.45) is 0.297. The highest BCUT2D eigenvalue weighted by atomic mass is 16.4. The number of aromatic nitrogens is 2. The standard InChI is InChI=1S/C20H21N3O3/c1-12(2)19-18-15(16-9-8-14(11-24)26-16)10-17(25)21-20(18)23(22-19)13-6-4-3-5-7-13/h3-9,12,15,24H,10-11H2,1-2H3,(H,21,25)/t15-/m0/s1. The van der Waals surface area contributed by atoms with Gasteiger partial charge in [0.2, 0.25) is 5.91 Å². The molecule has 0 saturated heterocycles. The lowest BCUT2D eigenvalue weighted by molar-refractivity contribution is -0.116. The predicted molar refractivity (Wildman–Crippen MR) is 97.4 cm³/mol. The van der Waals surface area contributed by atoms with E-state index in [2.05, 4.69) is 19.2 Å². The number of aliphatic hydroxyl groups excluding tert-OH is 1. The molecule has 3 heterocycles. The van der Waals surface area contributed by atoms with Crippen molar-refractivity contribution in [3.63, 3.8) is 0 Å². The second kappa shape index (κ2) is 6.46. The molecule has 0 fully saturated rings. The van der Waals surface area contributed by atoms with Gasteiger partial charge in [0, 0.05) is 12.0 Å². The number of nitrogens with one attached hydrogen (secondary N) is 1. The van der Waals surface area contributed by atoms with Crippen LogP contribution in [0.3, 0.4) is 0 Å². The van der Waals surface area contributed by atoms with Crippen molar-refractivity contribution in [2.75, 3.05) is 5.32 Å². The van der Waals surface area contributed by atoms with Crippen LogP contribution in [0.1, 0.15) is 54.9 Å². The minimum absolute atomic E-state index is 0.0724. The summed E-state index contributed by atoms with van der Waals surface area (Å²) in [5.41, 5.74) is 2.82. The highest BCUT2D eigenvalue weighted by Crippen LogP contribution is 2.42. The third kappa shape index (κ3) is 2.72. The van der Waals surface area contributed by atoms with Gasteiger partial charge in [-0.1, -0.05) is 32.0 Å². The number of hydrogen-bond donors (Lipinski definition) is 2. The van der Waals surface area contributed by atoms with E-state index >= 15 is 0 Å². The van der Waals surface area contributed by atoms with Gasteiger partial charge >= 0.3 is 0 Å². The maximum atomic E-state index is 12.4. The molecule has 0 spiro atoms. The van der Waals surface area contributed by atoms with Crippen molar-refractivity contribution < 1.29 is 14.3 Å². The Balaban J connectivity index is 1.91. The van der Waals surface area contributed by atoms with E-state index in [-0.39, 0.29) is 24.3 Å². The monoisotopic (exact) mass is 351 g/mol. The fourth-order valence-electron chi connectivity index (χ4n) is 3.47. The fraction of sp³-hybridized carbons (Fsp3) is 0.300. The second-order valence-corrected chi connectivity index (χ2v) is 6.82. The van der Waals surface area contributed by atoms with Crippen LogP contribution in [0.5, 0.6) is 0 Å². The maximum absolute atomic E-state index is 12.4. The van der Waals surface area contributed by atoms with Gasteiger partial charge in [-0.25, -0.2) is 4.68 Å². The van der Waals surface area contributed by atoms with Crippen molar-refractivity contribution in [3.8, 4) is 5.69 Å². The number of fused-ring (bicyclic) bond motifs is 1. The lowest BCUT2D eigenvalue weighted by Gasteiger charge is -2.23. The summed E-state index contributed by atoms with van der Waals surface area (Å²) in [7, 11) is 0. The summed E-state index contributed by atoms with van der Waals surface area (Å²) in [6, 6.07) is 13.3. The molecule has 2 N–H and O–H groups in total. The summed E-state index contributed by atoms with van der Waals surface area (Å²) in [5.74, 6) is 1.78. The van der Waals surface area contributed by atoms with Gasteiger partial charge in [0.1, 0.15) is 23.9 Å². The van der Waals surface area contributed by atoms with Gasteiger partial charge in [-0.3, -0.25) is 4.79 Å². The van der Waals surface area contributed by atoms with Gasteiger partial charge in [0.25, 0.3) is 0 Å². The average Bonchev–Trinajstić information content (AvgIpc) is 3.26. The molecule has 1 amide bonds. The van der Waals surface area contributed by atoms with Crippen LogP contribution in [0.25, 0.3) is 5.69 Å². The smallest absolute Gasteiger partial charge is 0.226 e. The van der Waals surface area contributed by atoms with Gasteiger partial charge in [-0.05, 0) is 30.2 Å². The van der Waals surface area contributed by atoms with Crippen LogP contribution >= 0.6 is 0 Å². The summed E-state index contributed by atoms with van der Waals surface area (Å²) in [5, 5.41) is 17.1. The Morgan fingerprint density at radius 3 is 2.69 bits per heavy atom. The molecular weight excluding hydrogens is 330 g/mol. The van der Waals surface area contributed by atoms with E-state index in [0.29, 0.717) is 23.8 Å². The van der Waals surface area contributed by atoms with Gasteiger partial charge in [-0.15, -0.1) is 0 Å². The van der Waals surface area contributed by atoms with Crippen LogP contribution in [0.4, 0.5) is 5.82 Å². The van der Waals surface area contributed by atoms with E-state index in [4.69, 9.17) is 9.52 Å². The Hall–Kier alpha value is -2.86. The number of amides is 1. The Morgan fingerprint density at radius 2 is 2.04 bits per heavy atom. The highest BCUT2D eigenvalue weighted by molar-refractivity contribution is 5.95. The molecular formula is C20H21N3O3. The molecule has 0 unspecified atom stereocenters. The quantitative estimate of drug-likeness (QED) is 0.753. The Labute approximate surface area is 151 Å². The molecule has 1 aliphatic heterocycles. The lowest BCUT2D eigenvalue weighted by Crippen LogP contribution is -2.25. The Morgan fingerprint density at radius 1 is 1.27 bits per heavy atom. The first-order valence-electron chi connectivity index (χ1n) is 8.76. The molecule has 6 nitrogen and oxygen atoms in total. The number of para-hydroxylation sites is 1. The normalized spacial score (nSPS) is 16.6. The third-order valence-electron chi connectivity index (χ3n) is 4.68. The van der Waals surface area contributed by atoms with Crippen LogP contribution in [0.15, 0.2) is 46.9 Å².